The van der Waals surface area contributed by atoms with E-state index in [0.717, 1.165) is 16.8 Å². The summed E-state index contributed by atoms with van der Waals surface area (Å²) in [7, 11) is 0. The molecule has 2 aromatic heterocycles. The van der Waals surface area contributed by atoms with E-state index in [1.54, 1.807) is 11.3 Å². The molecule has 0 aliphatic heterocycles. The lowest BCUT2D eigenvalue weighted by atomic mass is 10.1. The Morgan fingerprint density at radius 1 is 1.32 bits per heavy atom. The van der Waals surface area contributed by atoms with E-state index in [4.69, 9.17) is 18.0 Å². The smallest absolute Gasteiger partial charge is 0.159 e. The Hall–Kier alpha value is -1.53. The van der Waals surface area contributed by atoms with Crippen molar-refractivity contribution in [3.05, 3.63) is 38.7 Å². The zero-order valence-electron chi connectivity index (χ0n) is 11.2. The number of rotatable bonds is 4. The quantitative estimate of drug-likeness (QED) is 0.848. The summed E-state index contributed by atoms with van der Waals surface area (Å²) >= 11 is 6.86. The molecule has 0 saturated carbocycles. The molecule has 0 atom stereocenters. The van der Waals surface area contributed by atoms with Gasteiger partial charge in [-0.25, -0.2) is 0 Å². The average molecular weight is 292 g/mol. The largest absolute Gasteiger partial charge is 0.389 e. The molecule has 0 aromatic carbocycles. The van der Waals surface area contributed by atoms with E-state index in [0.29, 0.717) is 17.4 Å². The van der Waals surface area contributed by atoms with Crippen molar-refractivity contribution >= 4 is 34.4 Å². The van der Waals surface area contributed by atoms with Gasteiger partial charge in [0.2, 0.25) is 0 Å². The maximum absolute atomic E-state index is 5.78. The molecule has 0 radical (unpaired) electrons. The first-order chi connectivity index (χ1) is 8.99. The number of nitrogens with two attached hydrogens (primary N) is 1. The number of hydrogen-bond acceptors (Lipinski definition) is 5. The minimum absolute atomic E-state index is 0.348. The Balaban J connectivity index is 2.25. The third kappa shape index (κ3) is 3.08. The molecule has 0 aliphatic carbocycles. The van der Waals surface area contributed by atoms with Crippen molar-refractivity contribution in [1.82, 2.24) is 10.2 Å². The van der Waals surface area contributed by atoms with Crippen LogP contribution in [0.2, 0.25) is 0 Å². The second kappa shape index (κ2) is 5.63. The third-order valence-electron chi connectivity index (χ3n) is 2.93. The minimum Gasteiger partial charge on any atom is -0.389 e. The van der Waals surface area contributed by atoms with Crippen LogP contribution in [-0.4, -0.2) is 15.2 Å². The van der Waals surface area contributed by atoms with E-state index in [9.17, 15) is 0 Å². The molecule has 2 rings (SSSR count). The zero-order valence-corrected chi connectivity index (χ0v) is 12.8. The highest BCUT2D eigenvalue weighted by Crippen LogP contribution is 2.21. The van der Waals surface area contributed by atoms with Crippen LogP contribution in [-0.2, 0) is 6.54 Å². The van der Waals surface area contributed by atoms with E-state index >= 15 is 0 Å². The maximum Gasteiger partial charge on any atom is 0.159 e. The maximum atomic E-state index is 5.78. The normalized spacial score (nSPS) is 10.5. The van der Waals surface area contributed by atoms with E-state index in [-0.39, 0.29) is 0 Å². The second-order valence-electron chi connectivity index (χ2n) is 4.36. The van der Waals surface area contributed by atoms with E-state index in [2.05, 4.69) is 34.6 Å². The summed E-state index contributed by atoms with van der Waals surface area (Å²) in [6, 6.07) is 4.20. The molecular weight excluding hydrogens is 276 g/mol. The monoisotopic (exact) mass is 292 g/mol. The first-order valence-electron chi connectivity index (χ1n) is 5.92. The molecular formula is C13H16N4S2. The lowest BCUT2D eigenvalue weighted by Crippen LogP contribution is -2.17. The van der Waals surface area contributed by atoms with Gasteiger partial charge >= 0.3 is 0 Å². The summed E-state index contributed by atoms with van der Waals surface area (Å²) in [5.74, 6) is 0.654. The molecule has 0 spiro atoms. The van der Waals surface area contributed by atoms with Gasteiger partial charge in [0.05, 0.1) is 17.8 Å². The molecule has 4 nitrogen and oxygen atoms in total. The van der Waals surface area contributed by atoms with E-state index in [1.165, 1.54) is 9.75 Å². The van der Waals surface area contributed by atoms with Gasteiger partial charge in [-0.2, -0.15) is 5.10 Å². The fraction of sp³-hybridized carbons (Fsp3) is 0.308. The SMILES string of the molecule is Cc1ccc(CNc2nnc(C)c(C)c2C(N)=S)s1. The summed E-state index contributed by atoms with van der Waals surface area (Å²) in [5.41, 5.74) is 8.40. The van der Waals surface area contributed by atoms with Crippen molar-refractivity contribution in [2.75, 3.05) is 5.32 Å². The van der Waals surface area contributed by atoms with Gasteiger partial charge < -0.3 is 11.1 Å². The van der Waals surface area contributed by atoms with Crippen LogP contribution in [0.4, 0.5) is 5.82 Å². The molecule has 0 aliphatic rings. The molecule has 6 heteroatoms. The van der Waals surface area contributed by atoms with Crippen LogP contribution in [0, 0.1) is 20.8 Å². The van der Waals surface area contributed by atoms with Gasteiger partial charge in [-0.3, -0.25) is 0 Å². The van der Waals surface area contributed by atoms with Crippen LogP contribution in [0.1, 0.15) is 26.6 Å². The van der Waals surface area contributed by atoms with Crippen LogP contribution >= 0.6 is 23.6 Å². The molecule has 3 N–H and O–H groups in total. The van der Waals surface area contributed by atoms with Crippen LogP contribution < -0.4 is 11.1 Å². The number of thiophene rings is 1. The predicted molar refractivity (Wildman–Crippen MR) is 83.8 cm³/mol. The van der Waals surface area contributed by atoms with Crippen LogP contribution in [0.3, 0.4) is 0 Å². The molecule has 19 heavy (non-hydrogen) atoms. The first-order valence-corrected chi connectivity index (χ1v) is 7.14. The lowest BCUT2D eigenvalue weighted by Gasteiger charge is -2.12. The van der Waals surface area contributed by atoms with Crippen LogP contribution in [0.5, 0.6) is 0 Å². The fourth-order valence-electron chi connectivity index (χ4n) is 1.78. The van der Waals surface area contributed by atoms with Gasteiger partial charge in [0.25, 0.3) is 0 Å². The molecule has 0 amide bonds. The fourth-order valence-corrected chi connectivity index (χ4v) is 2.86. The Morgan fingerprint density at radius 3 is 2.63 bits per heavy atom. The van der Waals surface area contributed by atoms with E-state index in [1.807, 2.05) is 13.8 Å². The third-order valence-corrected chi connectivity index (χ3v) is 4.13. The van der Waals surface area contributed by atoms with Crippen molar-refractivity contribution in [3.63, 3.8) is 0 Å². The van der Waals surface area contributed by atoms with Crippen molar-refractivity contribution in [1.29, 1.82) is 0 Å². The summed E-state index contributed by atoms with van der Waals surface area (Å²) in [6.45, 7) is 6.64. The van der Waals surface area contributed by atoms with Gasteiger partial charge in [0.15, 0.2) is 5.82 Å². The van der Waals surface area contributed by atoms with Crippen molar-refractivity contribution in [2.45, 2.75) is 27.3 Å². The van der Waals surface area contributed by atoms with Gasteiger partial charge in [-0.05, 0) is 38.5 Å². The molecule has 0 bridgehead atoms. The van der Waals surface area contributed by atoms with Crippen molar-refractivity contribution < 1.29 is 0 Å². The minimum atomic E-state index is 0.348. The molecule has 2 aromatic rings. The van der Waals surface area contributed by atoms with Crippen LogP contribution in [0.25, 0.3) is 0 Å². The number of nitrogens with zero attached hydrogens (tertiary/aromatic N) is 2. The number of anilines is 1. The Kier molecular flexibility index (Phi) is 4.11. The van der Waals surface area contributed by atoms with Gasteiger partial charge in [-0.1, -0.05) is 12.2 Å². The Morgan fingerprint density at radius 2 is 2.05 bits per heavy atom. The highest BCUT2D eigenvalue weighted by atomic mass is 32.1. The van der Waals surface area contributed by atoms with Crippen molar-refractivity contribution in [2.24, 2.45) is 5.73 Å². The van der Waals surface area contributed by atoms with Crippen molar-refractivity contribution in [3.8, 4) is 0 Å². The molecule has 0 saturated heterocycles. The zero-order chi connectivity index (χ0) is 14.0. The second-order valence-corrected chi connectivity index (χ2v) is 6.18. The average Bonchev–Trinajstić information content (AvgIpc) is 2.76. The molecule has 100 valence electrons. The highest BCUT2D eigenvalue weighted by molar-refractivity contribution is 7.80. The summed E-state index contributed by atoms with van der Waals surface area (Å²) < 4.78 is 0. The first kappa shape index (κ1) is 13.9. The van der Waals surface area contributed by atoms with Gasteiger partial charge in [-0.15, -0.1) is 16.4 Å². The number of aryl methyl sites for hydroxylation is 2. The van der Waals surface area contributed by atoms with Gasteiger partial charge in [0, 0.05) is 9.75 Å². The Labute approximate surface area is 122 Å². The summed E-state index contributed by atoms with van der Waals surface area (Å²) in [6.07, 6.45) is 0. The molecule has 2 heterocycles. The predicted octanol–water partition coefficient (Wildman–Crippen LogP) is 2.71. The van der Waals surface area contributed by atoms with Crippen LogP contribution in [0.15, 0.2) is 12.1 Å². The van der Waals surface area contributed by atoms with Gasteiger partial charge in [0.1, 0.15) is 4.99 Å². The number of nitrogens with one attached hydrogen (secondary N) is 1. The molecule has 0 unspecified atom stereocenters. The standard InChI is InChI=1S/C13H16N4S2/c1-7-4-5-10(19-7)6-15-13-11(12(14)18)8(2)9(3)16-17-13/h4-5H,6H2,1-3H3,(H2,14,18)(H,15,17). The Bertz CT molecular complexity index is 619. The number of hydrogen-bond donors (Lipinski definition) is 2. The number of aromatic nitrogens is 2. The number of thiocarbonyl (C=S) groups is 1. The lowest BCUT2D eigenvalue weighted by molar-refractivity contribution is 0.946. The summed E-state index contributed by atoms with van der Waals surface area (Å²) in [4.78, 5) is 2.88. The summed E-state index contributed by atoms with van der Waals surface area (Å²) in [5, 5.41) is 11.5. The molecule has 0 fully saturated rings. The highest BCUT2D eigenvalue weighted by Gasteiger charge is 2.13. The topological polar surface area (TPSA) is 63.8 Å². The van der Waals surface area contributed by atoms with E-state index < -0.39 is 0 Å².